The lowest BCUT2D eigenvalue weighted by Gasteiger charge is -2.24. The molecule has 1 atom stereocenters. The van der Waals surface area contributed by atoms with E-state index in [0.29, 0.717) is 13.1 Å². The Morgan fingerprint density at radius 2 is 2.00 bits per heavy atom. The molecule has 0 bridgehead atoms. The van der Waals surface area contributed by atoms with Gasteiger partial charge in [-0.25, -0.2) is 0 Å². The number of methoxy groups -OCH3 is 1. The van der Waals surface area contributed by atoms with Gasteiger partial charge in [0.05, 0.1) is 13.2 Å². The maximum atomic E-state index is 12.7. The molecular formula is C18H20N2O5. The SMILES string of the molecule is COc1ccc(C2CCCCN(C(=O)c3ccc([N+](=O)[O-])o3)C2)cc1. The van der Waals surface area contributed by atoms with Gasteiger partial charge in [-0.05, 0) is 36.6 Å². The summed E-state index contributed by atoms with van der Waals surface area (Å²) in [5.41, 5.74) is 1.16. The highest BCUT2D eigenvalue weighted by Crippen LogP contribution is 2.29. The number of benzene rings is 1. The predicted molar refractivity (Wildman–Crippen MR) is 90.9 cm³/mol. The Bertz CT molecular complexity index is 753. The normalized spacial score (nSPS) is 17.8. The van der Waals surface area contributed by atoms with Gasteiger partial charge >= 0.3 is 5.88 Å². The van der Waals surface area contributed by atoms with Crippen molar-refractivity contribution in [2.75, 3.05) is 20.2 Å². The second-order valence-electron chi connectivity index (χ2n) is 6.11. The van der Waals surface area contributed by atoms with Crippen molar-refractivity contribution >= 4 is 11.8 Å². The molecule has 25 heavy (non-hydrogen) atoms. The van der Waals surface area contributed by atoms with Gasteiger partial charge in [-0.1, -0.05) is 18.6 Å². The zero-order valence-corrected chi connectivity index (χ0v) is 14.0. The number of rotatable bonds is 4. The summed E-state index contributed by atoms with van der Waals surface area (Å²) in [7, 11) is 1.63. The lowest BCUT2D eigenvalue weighted by Crippen LogP contribution is -2.33. The van der Waals surface area contributed by atoms with Crippen LogP contribution in [0.1, 0.15) is 41.3 Å². The molecule has 1 unspecified atom stereocenters. The highest BCUT2D eigenvalue weighted by atomic mass is 16.6. The Labute approximate surface area is 145 Å². The number of carbonyl (C=O) groups is 1. The van der Waals surface area contributed by atoms with Crippen molar-refractivity contribution < 1.29 is 18.9 Å². The monoisotopic (exact) mass is 344 g/mol. The molecule has 2 heterocycles. The van der Waals surface area contributed by atoms with Crippen LogP contribution in [0.4, 0.5) is 5.88 Å². The zero-order valence-electron chi connectivity index (χ0n) is 14.0. The largest absolute Gasteiger partial charge is 0.497 e. The Balaban J connectivity index is 1.76. The van der Waals surface area contributed by atoms with Crippen LogP contribution in [-0.2, 0) is 0 Å². The van der Waals surface area contributed by atoms with E-state index in [1.807, 2.05) is 24.3 Å². The Kier molecular flexibility index (Phi) is 5.02. The molecule has 132 valence electrons. The van der Waals surface area contributed by atoms with Crippen molar-refractivity contribution in [1.82, 2.24) is 4.90 Å². The number of hydrogen-bond acceptors (Lipinski definition) is 5. The van der Waals surface area contributed by atoms with Crippen LogP contribution >= 0.6 is 0 Å². The number of amides is 1. The molecule has 2 aromatic rings. The number of nitro groups is 1. The fourth-order valence-electron chi connectivity index (χ4n) is 3.17. The van der Waals surface area contributed by atoms with E-state index in [0.717, 1.165) is 30.6 Å². The second-order valence-corrected chi connectivity index (χ2v) is 6.11. The summed E-state index contributed by atoms with van der Waals surface area (Å²) >= 11 is 0. The van der Waals surface area contributed by atoms with Gasteiger partial charge in [-0.15, -0.1) is 0 Å². The van der Waals surface area contributed by atoms with Crippen LogP contribution in [0.15, 0.2) is 40.8 Å². The van der Waals surface area contributed by atoms with Crippen molar-refractivity contribution in [2.24, 2.45) is 0 Å². The summed E-state index contributed by atoms with van der Waals surface area (Å²) in [4.78, 5) is 24.5. The minimum Gasteiger partial charge on any atom is -0.497 e. The number of ether oxygens (including phenoxy) is 1. The van der Waals surface area contributed by atoms with E-state index in [1.165, 1.54) is 12.1 Å². The van der Waals surface area contributed by atoms with E-state index in [4.69, 9.17) is 9.15 Å². The van der Waals surface area contributed by atoms with E-state index in [1.54, 1.807) is 12.0 Å². The smallest absolute Gasteiger partial charge is 0.433 e. The molecule has 0 aliphatic carbocycles. The maximum Gasteiger partial charge on any atom is 0.433 e. The van der Waals surface area contributed by atoms with Gasteiger partial charge in [0.25, 0.3) is 5.91 Å². The molecule has 1 saturated heterocycles. The van der Waals surface area contributed by atoms with Gasteiger partial charge in [-0.3, -0.25) is 14.9 Å². The number of hydrogen-bond donors (Lipinski definition) is 0. The second kappa shape index (κ2) is 7.38. The van der Waals surface area contributed by atoms with Gasteiger partial charge in [0.2, 0.25) is 0 Å². The molecule has 0 spiro atoms. The van der Waals surface area contributed by atoms with Gasteiger partial charge in [0.1, 0.15) is 10.7 Å². The van der Waals surface area contributed by atoms with E-state index in [-0.39, 0.29) is 17.6 Å². The molecule has 1 aromatic heterocycles. The predicted octanol–water partition coefficient (Wildman–Crippen LogP) is 3.61. The van der Waals surface area contributed by atoms with E-state index in [2.05, 4.69) is 0 Å². The lowest BCUT2D eigenvalue weighted by molar-refractivity contribution is -0.402. The van der Waals surface area contributed by atoms with Crippen LogP contribution in [0, 0.1) is 10.1 Å². The van der Waals surface area contributed by atoms with Crippen LogP contribution in [-0.4, -0.2) is 35.9 Å². The number of likely N-dealkylation sites (tertiary alicyclic amines) is 1. The quantitative estimate of drug-likeness (QED) is 0.625. The fraction of sp³-hybridized carbons (Fsp3) is 0.389. The average Bonchev–Trinajstić information content (AvgIpc) is 3.00. The molecule has 7 nitrogen and oxygen atoms in total. The summed E-state index contributed by atoms with van der Waals surface area (Å²) in [5.74, 6) is 0.330. The molecule has 3 rings (SSSR count). The highest BCUT2D eigenvalue weighted by Gasteiger charge is 2.27. The minimum absolute atomic E-state index is 0.0158. The number of nitrogens with zero attached hydrogens (tertiary/aromatic N) is 2. The van der Waals surface area contributed by atoms with Gasteiger partial charge < -0.3 is 14.1 Å². The summed E-state index contributed by atoms with van der Waals surface area (Å²) in [6.07, 6.45) is 2.92. The fourth-order valence-corrected chi connectivity index (χ4v) is 3.17. The van der Waals surface area contributed by atoms with Crippen molar-refractivity contribution in [3.63, 3.8) is 0 Å². The summed E-state index contributed by atoms with van der Waals surface area (Å²) in [6.45, 7) is 1.19. The van der Waals surface area contributed by atoms with E-state index < -0.39 is 10.8 Å². The molecule has 1 amide bonds. The molecule has 1 aromatic carbocycles. The molecule has 7 heteroatoms. The third kappa shape index (κ3) is 3.81. The third-order valence-electron chi connectivity index (χ3n) is 4.53. The van der Waals surface area contributed by atoms with Crippen LogP contribution in [0.2, 0.25) is 0 Å². The van der Waals surface area contributed by atoms with Crippen LogP contribution < -0.4 is 4.74 Å². The van der Waals surface area contributed by atoms with E-state index in [9.17, 15) is 14.9 Å². The molecule has 0 N–H and O–H groups in total. The Morgan fingerprint density at radius 1 is 1.24 bits per heavy atom. The maximum absolute atomic E-state index is 12.7. The van der Waals surface area contributed by atoms with Gasteiger partial charge in [0.15, 0.2) is 5.76 Å². The standard InChI is InChI=1S/C18H20N2O5/c1-24-15-7-5-13(6-8-15)14-4-2-3-11-19(12-14)18(21)16-9-10-17(25-16)20(22)23/h5-10,14H,2-4,11-12H2,1H3. The molecule has 0 radical (unpaired) electrons. The summed E-state index contributed by atoms with van der Waals surface area (Å²) in [5, 5.41) is 10.7. The van der Waals surface area contributed by atoms with Crippen molar-refractivity contribution in [1.29, 1.82) is 0 Å². The van der Waals surface area contributed by atoms with Crippen molar-refractivity contribution in [3.8, 4) is 5.75 Å². The molecule has 1 aliphatic heterocycles. The lowest BCUT2D eigenvalue weighted by atomic mass is 9.94. The van der Waals surface area contributed by atoms with Gasteiger partial charge in [0, 0.05) is 19.0 Å². The van der Waals surface area contributed by atoms with Gasteiger partial charge in [-0.2, -0.15) is 0 Å². The Hall–Kier alpha value is -2.83. The highest BCUT2D eigenvalue weighted by molar-refractivity contribution is 5.91. The van der Waals surface area contributed by atoms with Crippen LogP contribution in [0.3, 0.4) is 0 Å². The summed E-state index contributed by atoms with van der Waals surface area (Å²) < 4.78 is 10.3. The first-order valence-electron chi connectivity index (χ1n) is 8.26. The first kappa shape index (κ1) is 17.0. The topological polar surface area (TPSA) is 85.8 Å². The first-order valence-corrected chi connectivity index (χ1v) is 8.26. The first-order chi connectivity index (χ1) is 12.1. The van der Waals surface area contributed by atoms with Crippen molar-refractivity contribution in [3.05, 3.63) is 57.8 Å². The zero-order chi connectivity index (χ0) is 17.8. The molecular weight excluding hydrogens is 324 g/mol. The van der Waals surface area contributed by atoms with Crippen LogP contribution in [0.25, 0.3) is 0 Å². The third-order valence-corrected chi connectivity index (χ3v) is 4.53. The van der Waals surface area contributed by atoms with Crippen LogP contribution in [0.5, 0.6) is 5.75 Å². The van der Waals surface area contributed by atoms with E-state index >= 15 is 0 Å². The molecule has 0 saturated carbocycles. The number of furan rings is 1. The molecule has 1 fully saturated rings. The Morgan fingerprint density at radius 3 is 2.64 bits per heavy atom. The summed E-state index contributed by atoms with van der Waals surface area (Å²) in [6, 6.07) is 10.5. The van der Waals surface area contributed by atoms with Crippen molar-refractivity contribution in [2.45, 2.75) is 25.2 Å². The average molecular weight is 344 g/mol. The molecule has 1 aliphatic rings. The number of carbonyl (C=O) groups excluding carboxylic acids is 1. The minimum atomic E-state index is -0.640.